The number of benzene rings is 2. The van der Waals surface area contributed by atoms with Crippen LogP contribution in [0.4, 0.5) is 5.69 Å². The molecule has 0 aliphatic rings. The number of hydrogen-bond acceptors (Lipinski definition) is 5. The van der Waals surface area contributed by atoms with Crippen LogP contribution in [0.5, 0.6) is 0 Å². The first-order chi connectivity index (χ1) is 16.0. The van der Waals surface area contributed by atoms with Crippen molar-refractivity contribution in [2.24, 2.45) is 0 Å². The van der Waals surface area contributed by atoms with E-state index in [4.69, 9.17) is 32.0 Å². The fourth-order valence-electron chi connectivity index (χ4n) is 3.24. The zero-order chi connectivity index (χ0) is 22.8. The van der Waals surface area contributed by atoms with Crippen molar-refractivity contribution in [2.45, 2.75) is 0 Å². The summed E-state index contributed by atoms with van der Waals surface area (Å²) in [5.41, 5.74) is 3.34. The summed E-state index contributed by atoms with van der Waals surface area (Å²) in [6, 6.07) is 17.6. The van der Waals surface area contributed by atoms with Crippen LogP contribution in [0, 0.1) is 0 Å². The maximum atomic E-state index is 12.4. The van der Waals surface area contributed by atoms with Crippen molar-refractivity contribution < 1.29 is 13.6 Å². The molecule has 0 atom stereocenters. The number of hydrogen-bond donors (Lipinski definition) is 1. The average Bonchev–Trinajstić information content (AvgIpc) is 3.45. The Balaban J connectivity index is 1.28. The van der Waals surface area contributed by atoms with Crippen molar-refractivity contribution in [2.75, 3.05) is 5.32 Å². The molecule has 0 aliphatic carbocycles. The highest BCUT2D eigenvalue weighted by atomic mass is 35.5. The second kappa shape index (κ2) is 8.94. The number of pyridine rings is 1. The van der Waals surface area contributed by atoms with Crippen LogP contribution in [0.1, 0.15) is 5.76 Å². The van der Waals surface area contributed by atoms with Gasteiger partial charge in [-0.1, -0.05) is 23.2 Å². The summed E-state index contributed by atoms with van der Waals surface area (Å²) in [6.07, 6.45) is 6.33. The predicted molar refractivity (Wildman–Crippen MR) is 129 cm³/mol. The molecule has 5 aromatic rings. The SMILES string of the molecule is O=C(/C=C/c1ccc(-c2ccc(Cl)cc2Cl)o1)Nc1ccc2oc(-c3cccnc3)nc2c1. The first kappa shape index (κ1) is 21.0. The Morgan fingerprint density at radius 1 is 1.00 bits per heavy atom. The molecule has 0 spiro atoms. The van der Waals surface area contributed by atoms with Gasteiger partial charge < -0.3 is 14.2 Å². The van der Waals surface area contributed by atoms with Gasteiger partial charge in [-0.05, 0) is 66.7 Å². The Morgan fingerprint density at radius 3 is 2.73 bits per heavy atom. The molecular weight excluding hydrogens is 461 g/mol. The zero-order valence-electron chi connectivity index (χ0n) is 17.0. The third kappa shape index (κ3) is 4.67. The Kier molecular flexibility index (Phi) is 5.69. The van der Waals surface area contributed by atoms with Crippen LogP contribution >= 0.6 is 23.2 Å². The molecule has 1 amide bonds. The summed E-state index contributed by atoms with van der Waals surface area (Å²) >= 11 is 12.2. The Morgan fingerprint density at radius 2 is 1.91 bits per heavy atom. The molecule has 162 valence electrons. The quantitative estimate of drug-likeness (QED) is 0.274. The van der Waals surface area contributed by atoms with Gasteiger partial charge in [-0.15, -0.1) is 0 Å². The topological polar surface area (TPSA) is 81.2 Å². The first-order valence-electron chi connectivity index (χ1n) is 9.90. The molecule has 0 radical (unpaired) electrons. The zero-order valence-corrected chi connectivity index (χ0v) is 18.5. The number of oxazole rings is 1. The van der Waals surface area contributed by atoms with Crippen molar-refractivity contribution in [1.82, 2.24) is 9.97 Å². The van der Waals surface area contributed by atoms with Crippen LogP contribution in [-0.4, -0.2) is 15.9 Å². The predicted octanol–water partition coefficient (Wildman–Crippen LogP) is 7.11. The second-order valence-electron chi connectivity index (χ2n) is 7.09. The molecule has 6 nitrogen and oxygen atoms in total. The minimum Gasteiger partial charge on any atom is -0.457 e. The summed E-state index contributed by atoms with van der Waals surface area (Å²) in [7, 11) is 0. The number of aromatic nitrogens is 2. The van der Waals surface area contributed by atoms with Crippen molar-refractivity contribution in [3.05, 3.63) is 94.9 Å². The molecule has 5 rings (SSSR count). The molecule has 1 N–H and O–H groups in total. The van der Waals surface area contributed by atoms with E-state index in [9.17, 15) is 4.79 Å². The van der Waals surface area contributed by atoms with Crippen LogP contribution in [-0.2, 0) is 4.79 Å². The fourth-order valence-corrected chi connectivity index (χ4v) is 3.74. The molecule has 3 aromatic heterocycles. The van der Waals surface area contributed by atoms with Crippen LogP contribution in [0.2, 0.25) is 10.0 Å². The molecule has 0 unspecified atom stereocenters. The van der Waals surface area contributed by atoms with Gasteiger partial charge in [0.1, 0.15) is 17.0 Å². The van der Waals surface area contributed by atoms with Crippen LogP contribution in [0.3, 0.4) is 0 Å². The third-order valence-corrected chi connectivity index (χ3v) is 5.33. The fraction of sp³-hybridized carbons (Fsp3) is 0. The molecule has 0 saturated carbocycles. The molecule has 0 bridgehead atoms. The minimum atomic E-state index is -0.312. The number of nitrogens with zero attached hydrogens (tertiary/aromatic N) is 2. The number of carbonyl (C=O) groups is 1. The van der Waals surface area contributed by atoms with E-state index >= 15 is 0 Å². The monoisotopic (exact) mass is 475 g/mol. The van der Waals surface area contributed by atoms with Gasteiger partial charge in [-0.2, -0.15) is 0 Å². The Bertz CT molecular complexity index is 1490. The van der Waals surface area contributed by atoms with Gasteiger partial charge >= 0.3 is 0 Å². The number of rotatable bonds is 5. The van der Waals surface area contributed by atoms with E-state index in [0.29, 0.717) is 44.2 Å². The number of fused-ring (bicyclic) bond motifs is 1. The smallest absolute Gasteiger partial charge is 0.248 e. The van der Waals surface area contributed by atoms with Crippen molar-refractivity contribution in [3.8, 4) is 22.8 Å². The molecule has 0 saturated heterocycles. The lowest BCUT2D eigenvalue weighted by Crippen LogP contribution is -2.07. The van der Waals surface area contributed by atoms with Gasteiger partial charge in [0.25, 0.3) is 0 Å². The lowest BCUT2D eigenvalue weighted by Gasteiger charge is -2.01. The maximum Gasteiger partial charge on any atom is 0.248 e. The van der Waals surface area contributed by atoms with Crippen molar-refractivity contribution >= 4 is 52.0 Å². The van der Waals surface area contributed by atoms with Gasteiger partial charge in [0.2, 0.25) is 11.8 Å². The molecule has 0 aliphatic heterocycles. The summed E-state index contributed by atoms with van der Waals surface area (Å²) in [4.78, 5) is 20.9. The van der Waals surface area contributed by atoms with E-state index in [1.54, 1.807) is 67.0 Å². The number of carbonyl (C=O) groups excluding carboxylic acids is 1. The molecule has 2 aromatic carbocycles. The highest BCUT2D eigenvalue weighted by Crippen LogP contribution is 2.32. The van der Waals surface area contributed by atoms with E-state index < -0.39 is 0 Å². The number of halogens is 2. The highest BCUT2D eigenvalue weighted by molar-refractivity contribution is 6.36. The average molecular weight is 476 g/mol. The number of amides is 1. The summed E-state index contributed by atoms with van der Waals surface area (Å²) in [5, 5.41) is 3.84. The van der Waals surface area contributed by atoms with Gasteiger partial charge in [-0.3, -0.25) is 9.78 Å². The lowest BCUT2D eigenvalue weighted by molar-refractivity contribution is -0.111. The summed E-state index contributed by atoms with van der Waals surface area (Å²) in [6.45, 7) is 0. The third-order valence-electron chi connectivity index (χ3n) is 4.79. The molecule has 3 heterocycles. The molecule has 0 fully saturated rings. The largest absolute Gasteiger partial charge is 0.457 e. The van der Waals surface area contributed by atoms with Crippen LogP contribution in [0.15, 0.2) is 88.0 Å². The number of anilines is 1. The van der Waals surface area contributed by atoms with Gasteiger partial charge in [-0.25, -0.2) is 4.98 Å². The number of nitrogens with one attached hydrogen (secondary N) is 1. The van der Waals surface area contributed by atoms with Gasteiger partial charge in [0.15, 0.2) is 5.58 Å². The van der Waals surface area contributed by atoms with Crippen molar-refractivity contribution in [3.63, 3.8) is 0 Å². The van der Waals surface area contributed by atoms with Gasteiger partial charge in [0, 0.05) is 34.7 Å². The Labute approximate surface area is 198 Å². The first-order valence-corrected chi connectivity index (χ1v) is 10.7. The van der Waals surface area contributed by atoms with E-state index in [1.165, 1.54) is 6.08 Å². The normalized spacial score (nSPS) is 11.3. The van der Waals surface area contributed by atoms with Gasteiger partial charge in [0.05, 0.1) is 10.6 Å². The Hall–Kier alpha value is -3.87. The lowest BCUT2D eigenvalue weighted by atomic mass is 10.2. The van der Waals surface area contributed by atoms with E-state index in [2.05, 4.69) is 15.3 Å². The van der Waals surface area contributed by atoms with Crippen molar-refractivity contribution in [1.29, 1.82) is 0 Å². The molecule has 8 heteroatoms. The van der Waals surface area contributed by atoms with E-state index in [0.717, 1.165) is 11.1 Å². The highest BCUT2D eigenvalue weighted by Gasteiger charge is 2.11. The summed E-state index contributed by atoms with van der Waals surface area (Å²) in [5.74, 6) is 1.25. The second-order valence-corrected chi connectivity index (χ2v) is 7.94. The number of furan rings is 1. The molecule has 33 heavy (non-hydrogen) atoms. The van der Waals surface area contributed by atoms with Crippen LogP contribution in [0.25, 0.3) is 40.0 Å². The minimum absolute atomic E-state index is 0.312. The van der Waals surface area contributed by atoms with Crippen LogP contribution < -0.4 is 5.32 Å². The van der Waals surface area contributed by atoms with E-state index in [1.807, 2.05) is 12.1 Å². The van der Waals surface area contributed by atoms with E-state index in [-0.39, 0.29) is 5.91 Å². The standard InChI is InChI=1S/C25H15Cl2N3O3/c26-16-3-7-19(20(27)12-16)22-9-5-18(32-22)6-10-24(31)29-17-4-8-23-21(13-17)30-25(33-23)15-2-1-11-28-14-15/h1-14H,(H,29,31)/b10-6+. The summed E-state index contributed by atoms with van der Waals surface area (Å²) < 4.78 is 11.5. The maximum absolute atomic E-state index is 12.4. The molecular formula is C25H15Cl2N3O3.